The van der Waals surface area contributed by atoms with Crippen molar-refractivity contribution >= 4 is 6.09 Å². The van der Waals surface area contributed by atoms with Gasteiger partial charge in [0.05, 0.1) is 0 Å². The van der Waals surface area contributed by atoms with Gasteiger partial charge in [0.2, 0.25) is 0 Å². The van der Waals surface area contributed by atoms with E-state index in [1.165, 1.54) is 6.07 Å². The maximum Gasteiger partial charge on any atom is 0.410 e. The van der Waals surface area contributed by atoms with E-state index in [2.05, 4.69) is 5.32 Å². The van der Waals surface area contributed by atoms with Crippen LogP contribution in [0.3, 0.4) is 0 Å². The first-order valence-corrected chi connectivity index (χ1v) is 7.90. The van der Waals surface area contributed by atoms with Crippen LogP contribution in [0.5, 0.6) is 0 Å². The van der Waals surface area contributed by atoms with E-state index in [4.69, 9.17) is 4.74 Å². The Morgan fingerprint density at radius 1 is 1.26 bits per heavy atom. The van der Waals surface area contributed by atoms with Crippen LogP contribution < -0.4 is 5.32 Å². The number of hydrogen-bond acceptors (Lipinski definition) is 3. The molecule has 0 spiro atoms. The molecule has 1 fully saturated rings. The largest absolute Gasteiger partial charge is 0.444 e. The summed E-state index contributed by atoms with van der Waals surface area (Å²) in [4.78, 5) is 13.7. The number of carbonyl (C=O) groups excluding carboxylic acids is 1. The summed E-state index contributed by atoms with van der Waals surface area (Å²) < 4.78 is 31.4. The summed E-state index contributed by atoms with van der Waals surface area (Å²) in [7, 11) is 0. The van der Waals surface area contributed by atoms with Crippen LogP contribution >= 0.6 is 0 Å². The van der Waals surface area contributed by atoms with Crippen LogP contribution in [0.1, 0.15) is 39.2 Å². The maximum atomic E-state index is 13.2. The molecule has 1 N–H and O–H groups in total. The molecule has 6 heteroatoms. The summed E-state index contributed by atoms with van der Waals surface area (Å²) in [6.45, 7) is 7.28. The van der Waals surface area contributed by atoms with Gasteiger partial charge >= 0.3 is 6.09 Å². The number of ether oxygens (including phenoxy) is 1. The first-order valence-electron chi connectivity index (χ1n) is 7.90. The van der Waals surface area contributed by atoms with Gasteiger partial charge in [-0.05, 0) is 51.3 Å². The van der Waals surface area contributed by atoms with Gasteiger partial charge in [0.15, 0.2) is 11.6 Å². The van der Waals surface area contributed by atoms with E-state index in [0.717, 1.165) is 18.9 Å². The Balaban J connectivity index is 1.76. The van der Waals surface area contributed by atoms with Crippen LogP contribution in [0.25, 0.3) is 0 Å². The first kappa shape index (κ1) is 17.7. The Morgan fingerprint density at radius 3 is 2.48 bits per heavy atom. The van der Waals surface area contributed by atoms with E-state index in [-0.39, 0.29) is 12.1 Å². The average molecular weight is 326 g/mol. The standard InChI is InChI=1S/C17H24F2N2O2/c1-17(2,3)23-16(22)21-8-6-13(7-9-21)20-11-12-4-5-14(18)15(19)10-12/h4-5,10,13,20H,6-9,11H2,1-3H3. The summed E-state index contributed by atoms with van der Waals surface area (Å²) in [5, 5.41) is 3.32. The Morgan fingerprint density at radius 2 is 1.91 bits per heavy atom. The number of rotatable bonds is 3. The third-order valence-electron chi connectivity index (χ3n) is 3.73. The van der Waals surface area contributed by atoms with E-state index in [9.17, 15) is 13.6 Å². The molecular formula is C17H24F2N2O2. The lowest BCUT2D eigenvalue weighted by Crippen LogP contribution is -2.46. The van der Waals surface area contributed by atoms with Gasteiger partial charge in [-0.2, -0.15) is 0 Å². The number of amides is 1. The van der Waals surface area contributed by atoms with E-state index < -0.39 is 17.2 Å². The molecule has 1 aliphatic rings. The lowest BCUT2D eigenvalue weighted by molar-refractivity contribution is 0.0198. The van der Waals surface area contributed by atoms with Crippen molar-refractivity contribution in [3.05, 3.63) is 35.4 Å². The molecule has 1 saturated heterocycles. The van der Waals surface area contributed by atoms with Gasteiger partial charge in [0, 0.05) is 25.7 Å². The molecule has 2 rings (SSSR count). The molecule has 0 bridgehead atoms. The van der Waals surface area contributed by atoms with Crippen molar-refractivity contribution in [3.63, 3.8) is 0 Å². The molecule has 0 aliphatic carbocycles. The molecule has 128 valence electrons. The number of piperidine rings is 1. The van der Waals surface area contributed by atoms with Crippen molar-refractivity contribution < 1.29 is 18.3 Å². The number of benzene rings is 1. The van der Waals surface area contributed by atoms with E-state index >= 15 is 0 Å². The van der Waals surface area contributed by atoms with Crippen molar-refractivity contribution in [2.45, 2.75) is 51.8 Å². The van der Waals surface area contributed by atoms with Crippen molar-refractivity contribution in [2.24, 2.45) is 0 Å². The summed E-state index contributed by atoms with van der Waals surface area (Å²) in [6.07, 6.45) is 1.34. The van der Waals surface area contributed by atoms with Crippen molar-refractivity contribution in [1.82, 2.24) is 10.2 Å². The van der Waals surface area contributed by atoms with E-state index in [0.29, 0.717) is 25.2 Å². The fourth-order valence-corrected chi connectivity index (χ4v) is 2.50. The molecule has 1 aromatic rings. The predicted octanol–water partition coefficient (Wildman–Crippen LogP) is 3.45. The monoisotopic (exact) mass is 326 g/mol. The molecule has 1 amide bonds. The summed E-state index contributed by atoms with van der Waals surface area (Å²) >= 11 is 0. The average Bonchev–Trinajstić information content (AvgIpc) is 2.47. The van der Waals surface area contributed by atoms with Crippen LogP contribution in [-0.2, 0) is 11.3 Å². The Bertz CT molecular complexity index is 550. The second-order valence-corrected chi connectivity index (χ2v) is 6.87. The minimum atomic E-state index is -0.834. The second-order valence-electron chi connectivity index (χ2n) is 6.87. The highest BCUT2D eigenvalue weighted by Crippen LogP contribution is 2.16. The van der Waals surface area contributed by atoms with Gasteiger partial charge in [-0.3, -0.25) is 0 Å². The van der Waals surface area contributed by atoms with Gasteiger partial charge in [0.25, 0.3) is 0 Å². The highest BCUT2D eigenvalue weighted by atomic mass is 19.2. The number of hydrogen-bond donors (Lipinski definition) is 1. The summed E-state index contributed by atoms with van der Waals surface area (Å²) in [6, 6.07) is 4.17. The van der Waals surface area contributed by atoms with Crippen molar-refractivity contribution in [2.75, 3.05) is 13.1 Å². The minimum Gasteiger partial charge on any atom is -0.444 e. The predicted molar refractivity (Wildman–Crippen MR) is 84.0 cm³/mol. The Labute approximate surface area is 135 Å². The number of nitrogens with zero attached hydrogens (tertiary/aromatic N) is 1. The summed E-state index contributed by atoms with van der Waals surface area (Å²) in [5.41, 5.74) is 0.220. The van der Waals surface area contributed by atoms with Gasteiger partial charge < -0.3 is 15.0 Å². The van der Waals surface area contributed by atoms with Gasteiger partial charge in [-0.1, -0.05) is 6.07 Å². The topological polar surface area (TPSA) is 41.6 Å². The van der Waals surface area contributed by atoms with Gasteiger partial charge in [0.1, 0.15) is 5.60 Å². The smallest absolute Gasteiger partial charge is 0.410 e. The van der Waals surface area contributed by atoms with Crippen molar-refractivity contribution in [1.29, 1.82) is 0 Å². The Hall–Kier alpha value is -1.69. The molecule has 23 heavy (non-hydrogen) atoms. The number of halogens is 2. The quantitative estimate of drug-likeness (QED) is 0.925. The molecule has 0 saturated carbocycles. The normalized spacial score (nSPS) is 16.5. The fraction of sp³-hybridized carbons (Fsp3) is 0.588. The van der Waals surface area contributed by atoms with Crippen molar-refractivity contribution in [3.8, 4) is 0 Å². The Kier molecular flexibility index (Phi) is 5.57. The van der Waals surface area contributed by atoms with E-state index in [1.54, 1.807) is 11.0 Å². The molecule has 1 aliphatic heterocycles. The zero-order valence-corrected chi connectivity index (χ0v) is 13.9. The summed E-state index contributed by atoms with van der Waals surface area (Å²) in [5.74, 6) is -1.66. The van der Waals surface area contributed by atoms with Gasteiger partial charge in [-0.15, -0.1) is 0 Å². The molecule has 0 atom stereocenters. The molecule has 0 radical (unpaired) electrons. The SMILES string of the molecule is CC(C)(C)OC(=O)N1CCC(NCc2ccc(F)c(F)c2)CC1. The van der Waals surface area contributed by atoms with Crippen LogP contribution in [0.4, 0.5) is 13.6 Å². The van der Waals surface area contributed by atoms with Gasteiger partial charge in [-0.25, -0.2) is 13.6 Å². The number of carbonyl (C=O) groups is 1. The number of likely N-dealkylation sites (tertiary alicyclic amines) is 1. The van der Waals surface area contributed by atoms with E-state index in [1.807, 2.05) is 20.8 Å². The maximum absolute atomic E-state index is 13.2. The molecule has 1 aromatic carbocycles. The third-order valence-corrected chi connectivity index (χ3v) is 3.73. The fourth-order valence-electron chi connectivity index (χ4n) is 2.50. The lowest BCUT2D eigenvalue weighted by atomic mass is 10.0. The zero-order chi connectivity index (χ0) is 17.0. The second kappa shape index (κ2) is 7.25. The van der Waals surface area contributed by atoms with Crippen LogP contribution in [-0.4, -0.2) is 35.7 Å². The first-order chi connectivity index (χ1) is 10.7. The molecule has 1 heterocycles. The van der Waals surface area contributed by atoms with Crippen LogP contribution in [0.15, 0.2) is 18.2 Å². The van der Waals surface area contributed by atoms with Crippen LogP contribution in [0, 0.1) is 11.6 Å². The zero-order valence-electron chi connectivity index (χ0n) is 13.9. The van der Waals surface area contributed by atoms with Crippen LogP contribution in [0.2, 0.25) is 0 Å². The minimum absolute atomic E-state index is 0.252. The molecule has 4 nitrogen and oxygen atoms in total. The lowest BCUT2D eigenvalue weighted by Gasteiger charge is -2.33. The highest BCUT2D eigenvalue weighted by molar-refractivity contribution is 5.68. The molecule has 0 aromatic heterocycles. The molecular weight excluding hydrogens is 302 g/mol. The third kappa shape index (κ3) is 5.46. The molecule has 0 unspecified atom stereocenters. The number of nitrogens with one attached hydrogen (secondary N) is 1. The highest BCUT2D eigenvalue weighted by Gasteiger charge is 2.26.